The van der Waals surface area contributed by atoms with Crippen LogP contribution in [-0.2, 0) is 28.6 Å². The number of hydrogen-bond acceptors (Lipinski definition) is 6. The topological polar surface area (TPSA) is 78.9 Å². The Bertz CT molecular complexity index is 978. The summed E-state index contributed by atoms with van der Waals surface area (Å²) in [5.41, 5.74) is 0. The van der Waals surface area contributed by atoms with E-state index in [9.17, 15) is 14.4 Å². The van der Waals surface area contributed by atoms with E-state index >= 15 is 0 Å². The first kappa shape index (κ1) is 61.1. The summed E-state index contributed by atoms with van der Waals surface area (Å²) < 4.78 is 16.8. The van der Waals surface area contributed by atoms with Crippen LogP contribution in [0.25, 0.3) is 0 Å². The maximum atomic E-state index is 12.8. The monoisotopic (exact) mass is 889 g/mol. The lowest BCUT2D eigenvalue weighted by Crippen LogP contribution is -2.30. The molecule has 0 aliphatic heterocycles. The van der Waals surface area contributed by atoms with Crippen LogP contribution in [0.1, 0.15) is 316 Å². The lowest BCUT2D eigenvalue weighted by atomic mass is 10.0. The van der Waals surface area contributed by atoms with Gasteiger partial charge in [-0.15, -0.1) is 0 Å². The number of ether oxygens (including phenoxy) is 3. The summed E-state index contributed by atoms with van der Waals surface area (Å²) in [6.45, 7) is 6.65. The Hall–Kier alpha value is -1.85. The summed E-state index contributed by atoms with van der Waals surface area (Å²) in [6, 6.07) is 0. The van der Waals surface area contributed by atoms with Gasteiger partial charge in [0.2, 0.25) is 0 Å². The number of allylic oxidation sites excluding steroid dienone is 2. The number of unbranched alkanes of at least 4 members (excludes halogenated alkanes) is 39. The van der Waals surface area contributed by atoms with Gasteiger partial charge in [0, 0.05) is 19.3 Å². The minimum Gasteiger partial charge on any atom is -0.462 e. The highest BCUT2D eigenvalue weighted by molar-refractivity contribution is 5.71. The molecule has 0 bridgehead atoms. The van der Waals surface area contributed by atoms with Crippen LogP contribution < -0.4 is 0 Å². The molecule has 6 heteroatoms. The molecular formula is C57H108O6. The van der Waals surface area contributed by atoms with Crippen LogP contribution in [-0.4, -0.2) is 37.2 Å². The van der Waals surface area contributed by atoms with E-state index in [0.717, 1.165) is 64.2 Å². The van der Waals surface area contributed by atoms with Gasteiger partial charge in [0.25, 0.3) is 0 Å². The van der Waals surface area contributed by atoms with Crippen molar-refractivity contribution in [2.24, 2.45) is 0 Å². The fraction of sp³-hybridized carbons (Fsp3) is 0.912. The van der Waals surface area contributed by atoms with Crippen LogP contribution in [0.5, 0.6) is 0 Å². The van der Waals surface area contributed by atoms with Crippen molar-refractivity contribution in [2.75, 3.05) is 13.2 Å². The van der Waals surface area contributed by atoms with Crippen LogP contribution in [0.3, 0.4) is 0 Å². The average Bonchev–Trinajstić information content (AvgIpc) is 3.28. The van der Waals surface area contributed by atoms with Crippen molar-refractivity contribution in [1.29, 1.82) is 0 Å². The minimum atomic E-state index is -0.767. The highest BCUT2D eigenvalue weighted by Crippen LogP contribution is 2.17. The van der Waals surface area contributed by atoms with Crippen molar-refractivity contribution in [1.82, 2.24) is 0 Å². The van der Waals surface area contributed by atoms with Gasteiger partial charge in [-0.3, -0.25) is 14.4 Å². The summed E-state index contributed by atoms with van der Waals surface area (Å²) >= 11 is 0. The standard InChI is InChI=1S/C57H108O6/c1-4-7-10-13-16-19-22-24-26-28-30-32-35-38-41-44-47-50-56(59)62-53-54(52-61-55(58)49-46-43-40-37-34-21-18-15-12-9-6-3)63-57(60)51-48-45-42-39-36-33-31-29-27-25-23-20-17-14-11-8-5-2/h15,18,54H,4-14,16-17,19-53H2,1-3H3/b18-15-/t54-/m1/s1. The largest absolute Gasteiger partial charge is 0.462 e. The highest BCUT2D eigenvalue weighted by atomic mass is 16.6. The zero-order valence-electron chi connectivity index (χ0n) is 42.6. The first-order chi connectivity index (χ1) is 31.0. The summed E-state index contributed by atoms with van der Waals surface area (Å²) in [6.07, 6.45) is 59.2. The molecular weight excluding hydrogens is 781 g/mol. The summed E-state index contributed by atoms with van der Waals surface area (Å²) in [5.74, 6) is -0.854. The average molecular weight is 889 g/mol. The molecule has 372 valence electrons. The van der Waals surface area contributed by atoms with Gasteiger partial charge in [-0.05, 0) is 38.5 Å². The molecule has 0 aliphatic rings. The van der Waals surface area contributed by atoms with E-state index in [-0.39, 0.29) is 31.1 Å². The van der Waals surface area contributed by atoms with Crippen molar-refractivity contribution in [3.8, 4) is 0 Å². The van der Waals surface area contributed by atoms with E-state index in [2.05, 4.69) is 32.9 Å². The second-order valence-corrected chi connectivity index (χ2v) is 19.2. The van der Waals surface area contributed by atoms with Crippen LogP contribution in [0.2, 0.25) is 0 Å². The van der Waals surface area contributed by atoms with Gasteiger partial charge in [-0.2, -0.15) is 0 Å². The van der Waals surface area contributed by atoms with E-state index in [0.29, 0.717) is 19.3 Å². The Morgan fingerprint density at radius 1 is 0.302 bits per heavy atom. The molecule has 0 aromatic carbocycles. The number of hydrogen-bond donors (Lipinski definition) is 0. The zero-order valence-corrected chi connectivity index (χ0v) is 42.6. The van der Waals surface area contributed by atoms with Crippen LogP contribution in [0.15, 0.2) is 12.2 Å². The Kier molecular flexibility index (Phi) is 51.2. The molecule has 0 heterocycles. The minimum absolute atomic E-state index is 0.0667. The third kappa shape index (κ3) is 51.0. The molecule has 0 radical (unpaired) electrons. The predicted molar refractivity (Wildman–Crippen MR) is 270 cm³/mol. The molecule has 63 heavy (non-hydrogen) atoms. The predicted octanol–water partition coefficient (Wildman–Crippen LogP) is 18.5. The third-order valence-electron chi connectivity index (χ3n) is 12.8. The molecule has 0 N–H and O–H groups in total. The zero-order chi connectivity index (χ0) is 45.8. The molecule has 0 aliphatic carbocycles. The molecule has 0 fully saturated rings. The van der Waals surface area contributed by atoms with Crippen LogP contribution in [0, 0.1) is 0 Å². The number of esters is 3. The molecule has 0 aromatic heterocycles. The first-order valence-corrected chi connectivity index (χ1v) is 28.2. The van der Waals surface area contributed by atoms with E-state index in [1.54, 1.807) is 0 Å². The molecule has 0 unspecified atom stereocenters. The normalized spacial score (nSPS) is 12.0. The first-order valence-electron chi connectivity index (χ1n) is 28.2. The number of rotatable bonds is 52. The van der Waals surface area contributed by atoms with Gasteiger partial charge >= 0.3 is 17.9 Å². The van der Waals surface area contributed by atoms with Crippen LogP contribution >= 0.6 is 0 Å². The molecule has 0 rings (SSSR count). The fourth-order valence-electron chi connectivity index (χ4n) is 8.49. The lowest BCUT2D eigenvalue weighted by Gasteiger charge is -2.18. The van der Waals surface area contributed by atoms with Gasteiger partial charge in [0.1, 0.15) is 13.2 Å². The molecule has 0 saturated carbocycles. The van der Waals surface area contributed by atoms with Crippen molar-refractivity contribution >= 4 is 17.9 Å². The maximum Gasteiger partial charge on any atom is 0.306 e. The molecule has 0 spiro atoms. The summed E-state index contributed by atoms with van der Waals surface area (Å²) in [4.78, 5) is 38.0. The molecule has 0 amide bonds. The second-order valence-electron chi connectivity index (χ2n) is 19.2. The van der Waals surface area contributed by atoms with E-state index in [1.165, 1.54) is 212 Å². The van der Waals surface area contributed by atoms with Crippen LogP contribution in [0.4, 0.5) is 0 Å². The van der Waals surface area contributed by atoms with Crippen molar-refractivity contribution in [3.63, 3.8) is 0 Å². The molecule has 0 saturated heterocycles. The van der Waals surface area contributed by atoms with Gasteiger partial charge < -0.3 is 14.2 Å². The van der Waals surface area contributed by atoms with Crippen molar-refractivity contribution in [3.05, 3.63) is 12.2 Å². The van der Waals surface area contributed by atoms with E-state index in [1.807, 2.05) is 0 Å². The molecule has 6 nitrogen and oxygen atoms in total. The summed E-state index contributed by atoms with van der Waals surface area (Å²) in [7, 11) is 0. The van der Waals surface area contributed by atoms with E-state index in [4.69, 9.17) is 14.2 Å². The quantitative estimate of drug-likeness (QED) is 0.0262. The fourth-order valence-corrected chi connectivity index (χ4v) is 8.49. The Balaban J connectivity index is 4.28. The van der Waals surface area contributed by atoms with Gasteiger partial charge in [-0.1, -0.05) is 270 Å². The van der Waals surface area contributed by atoms with Crippen molar-refractivity contribution in [2.45, 2.75) is 322 Å². The Morgan fingerprint density at radius 2 is 0.540 bits per heavy atom. The second kappa shape index (κ2) is 52.8. The van der Waals surface area contributed by atoms with Gasteiger partial charge in [0.05, 0.1) is 0 Å². The highest BCUT2D eigenvalue weighted by Gasteiger charge is 2.19. The Labute approximate surface area is 392 Å². The number of carbonyl (C=O) groups is 3. The summed E-state index contributed by atoms with van der Waals surface area (Å²) in [5, 5.41) is 0. The van der Waals surface area contributed by atoms with Crippen molar-refractivity contribution < 1.29 is 28.6 Å². The molecule has 1 atom stereocenters. The maximum absolute atomic E-state index is 12.8. The SMILES string of the molecule is CCCC/C=C\CCCCCCCC(=O)OC[C@H](COC(=O)CCCCCCCCCCCCCCCCCCC)OC(=O)CCCCCCCCCCCCCCCCCCC. The third-order valence-corrected chi connectivity index (χ3v) is 12.8. The van der Waals surface area contributed by atoms with E-state index < -0.39 is 6.10 Å². The Morgan fingerprint density at radius 3 is 0.841 bits per heavy atom. The number of carbonyl (C=O) groups excluding carboxylic acids is 3. The molecule has 0 aromatic rings. The lowest BCUT2D eigenvalue weighted by molar-refractivity contribution is -0.167. The smallest absolute Gasteiger partial charge is 0.306 e. The van der Waals surface area contributed by atoms with Gasteiger partial charge in [-0.25, -0.2) is 0 Å². The van der Waals surface area contributed by atoms with Gasteiger partial charge in [0.15, 0.2) is 6.10 Å².